The molecule has 1 saturated heterocycles. The minimum absolute atomic E-state index is 0.121. The molecule has 2 fully saturated rings. The predicted octanol–water partition coefficient (Wildman–Crippen LogP) is 3.45. The van der Waals surface area contributed by atoms with Gasteiger partial charge in [-0.1, -0.05) is 25.1 Å². The summed E-state index contributed by atoms with van der Waals surface area (Å²) in [5.41, 5.74) is 1.82. The second-order valence-electron chi connectivity index (χ2n) is 8.52. The highest BCUT2D eigenvalue weighted by molar-refractivity contribution is 5.99. The Morgan fingerprint density at radius 2 is 1.87 bits per heavy atom. The van der Waals surface area contributed by atoms with Crippen LogP contribution in [0, 0.1) is 12.8 Å². The van der Waals surface area contributed by atoms with Gasteiger partial charge in [0.2, 0.25) is 5.91 Å². The first-order chi connectivity index (χ1) is 14.5. The van der Waals surface area contributed by atoms with Gasteiger partial charge in [-0.05, 0) is 67.9 Å². The molecule has 1 aliphatic carbocycles. The quantitative estimate of drug-likeness (QED) is 0.843. The van der Waals surface area contributed by atoms with Crippen molar-refractivity contribution < 1.29 is 14.3 Å². The van der Waals surface area contributed by atoms with E-state index >= 15 is 0 Å². The second kappa shape index (κ2) is 8.56. The van der Waals surface area contributed by atoms with Crippen LogP contribution in [0.3, 0.4) is 0 Å². The molecule has 1 saturated carbocycles. The topological polar surface area (TPSA) is 71.5 Å². The Kier molecular flexibility index (Phi) is 5.86. The van der Waals surface area contributed by atoms with E-state index in [0.29, 0.717) is 18.0 Å². The van der Waals surface area contributed by atoms with Gasteiger partial charge in [-0.3, -0.25) is 19.5 Å². The van der Waals surface area contributed by atoms with Crippen molar-refractivity contribution in [2.45, 2.75) is 57.8 Å². The highest BCUT2D eigenvalue weighted by atomic mass is 16.5. The molecule has 6 heteroatoms. The summed E-state index contributed by atoms with van der Waals surface area (Å²) in [5.74, 6) is 0.308. The molecule has 30 heavy (non-hydrogen) atoms. The number of nitrogens with one attached hydrogen (secondary N) is 1. The third-order valence-electron chi connectivity index (χ3n) is 6.43. The number of carbonyl (C=O) groups excluding carboxylic acids is 2. The van der Waals surface area contributed by atoms with E-state index in [9.17, 15) is 9.59 Å². The van der Waals surface area contributed by atoms with Crippen LogP contribution >= 0.6 is 0 Å². The lowest BCUT2D eigenvalue weighted by Gasteiger charge is -2.43. The van der Waals surface area contributed by atoms with E-state index in [-0.39, 0.29) is 18.4 Å². The molecule has 1 N–H and O–H groups in total. The number of ether oxygens (including phenoxy) is 1. The molecule has 2 amide bonds. The fourth-order valence-corrected chi connectivity index (χ4v) is 4.53. The number of carbonyl (C=O) groups is 2. The first kappa shape index (κ1) is 20.5. The van der Waals surface area contributed by atoms with E-state index in [1.807, 2.05) is 43.3 Å². The van der Waals surface area contributed by atoms with Crippen LogP contribution in [0.5, 0.6) is 0 Å². The monoisotopic (exact) mass is 407 g/mol. The predicted molar refractivity (Wildman–Crippen MR) is 114 cm³/mol. The lowest BCUT2D eigenvalue weighted by atomic mass is 9.83. The van der Waals surface area contributed by atoms with Crippen LogP contribution in [-0.2, 0) is 16.1 Å². The van der Waals surface area contributed by atoms with Crippen LogP contribution in [-0.4, -0.2) is 40.1 Å². The zero-order valence-electron chi connectivity index (χ0n) is 17.6. The molecule has 0 radical (unpaired) electrons. The van der Waals surface area contributed by atoms with Gasteiger partial charge in [-0.2, -0.15) is 0 Å². The standard InChI is InChI=1S/C24H29N3O3/c1-17-7-11-24(12-8-17)27(23(29)20-6-4-3-5-18(20)2)21(16-30-24)22(28)26-15-19-9-13-25-14-10-19/h3-6,9-10,13-14,17,21H,7-8,11-12,15-16H2,1-2H3,(H,26,28)/t17?,21-,24?/m0/s1. The molecule has 0 unspecified atom stereocenters. The molecule has 2 heterocycles. The Bertz CT molecular complexity index is 907. The van der Waals surface area contributed by atoms with Gasteiger partial charge < -0.3 is 10.1 Å². The smallest absolute Gasteiger partial charge is 0.257 e. The average molecular weight is 408 g/mol. The van der Waals surface area contributed by atoms with Crippen LogP contribution in [0.1, 0.15) is 54.1 Å². The fourth-order valence-electron chi connectivity index (χ4n) is 4.53. The Morgan fingerprint density at radius 1 is 1.17 bits per heavy atom. The van der Waals surface area contributed by atoms with E-state index in [2.05, 4.69) is 17.2 Å². The maximum atomic E-state index is 13.7. The van der Waals surface area contributed by atoms with E-state index in [0.717, 1.165) is 36.8 Å². The number of hydrogen-bond donors (Lipinski definition) is 1. The molecule has 1 spiro atoms. The first-order valence-electron chi connectivity index (χ1n) is 10.7. The second-order valence-corrected chi connectivity index (χ2v) is 8.52. The molecule has 1 atom stereocenters. The van der Waals surface area contributed by atoms with Gasteiger partial charge in [0, 0.05) is 24.5 Å². The lowest BCUT2D eigenvalue weighted by molar-refractivity contribution is -0.128. The maximum Gasteiger partial charge on any atom is 0.257 e. The summed E-state index contributed by atoms with van der Waals surface area (Å²) in [7, 11) is 0. The molecule has 1 aromatic carbocycles. The van der Waals surface area contributed by atoms with Crippen molar-refractivity contribution >= 4 is 11.8 Å². The summed E-state index contributed by atoms with van der Waals surface area (Å²) < 4.78 is 6.24. The normalized spacial score (nSPS) is 26.0. The van der Waals surface area contributed by atoms with Crippen LogP contribution < -0.4 is 5.32 Å². The third-order valence-corrected chi connectivity index (χ3v) is 6.43. The first-order valence-corrected chi connectivity index (χ1v) is 10.7. The number of benzene rings is 1. The molecule has 6 nitrogen and oxygen atoms in total. The molecular formula is C24H29N3O3. The van der Waals surface area contributed by atoms with Gasteiger partial charge in [0.25, 0.3) is 5.91 Å². The number of aromatic nitrogens is 1. The lowest BCUT2D eigenvalue weighted by Crippen LogP contribution is -2.56. The molecule has 1 aromatic heterocycles. The minimum atomic E-state index is -0.690. The number of pyridine rings is 1. The van der Waals surface area contributed by atoms with Crippen LogP contribution in [0.4, 0.5) is 0 Å². The Morgan fingerprint density at radius 3 is 2.57 bits per heavy atom. The van der Waals surface area contributed by atoms with Gasteiger partial charge in [-0.15, -0.1) is 0 Å². The van der Waals surface area contributed by atoms with E-state index in [4.69, 9.17) is 4.74 Å². The van der Waals surface area contributed by atoms with Crippen molar-refractivity contribution in [1.29, 1.82) is 0 Å². The Hall–Kier alpha value is -2.73. The van der Waals surface area contributed by atoms with Crippen LogP contribution in [0.15, 0.2) is 48.8 Å². The van der Waals surface area contributed by atoms with E-state index in [1.165, 1.54) is 0 Å². The van der Waals surface area contributed by atoms with Crippen LogP contribution in [0.2, 0.25) is 0 Å². The minimum Gasteiger partial charge on any atom is -0.353 e. The number of aryl methyl sites for hydroxylation is 1. The molecule has 158 valence electrons. The Balaban J connectivity index is 1.59. The maximum absolute atomic E-state index is 13.7. The van der Waals surface area contributed by atoms with Crippen molar-refractivity contribution in [3.8, 4) is 0 Å². The van der Waals surface area contributed by atoms with Crippen molar-refractivity contribution in [3.63, 3.8) is 0 Å². The van der Waals surface area contributed by atoms with Gasteiger partial charge in [0.1, 0.15) is 11.8 Å². The molecule has 1 aliphatic heterocycles. The van der Waals surface area contributed by atoms with Crippen molar-refractivity contribution in [3.05, 3.63) is 65.5 Å². The fraction of sp³-hybridized carbons (Fsp3) is 0.458. The summed E-state index contributed by atoms with van der Waals surface area (Å²) in [6.45, 7) is 4.79. The highest BCUT2D eigenvalue weighted by Crippen LogP contribution is 2.43. The molecule has 2 aromatic rings. The molecule has 0 bridgehead atoms. The Labute approximate surface area is 177 Å². The SMILES string of the molecule is Cc1ccccc1C(=O)N1[C@H](C(=O)NCc2ccncc2)COC12CCC(C)CC2. The van der Waals surface area contributed by atoms with Crippen LogP contribution in [0.25, 0.3) is 0 Å². The summed E-state index contributed by atoms with van der Waals surface area (Å²) in [6.07, 6.45) is 6.91. The molecular weight excluding hydrogens is 378 g/mol. The zero-order valence-corrected chi connectivity index (χ0v) is 17.6. The number of rotatable bonds is 4. The summed E-state index contributed by atoms with van der Waals surface area (Å²) >= 11 is 0. The third kappa shape index (κ3) is 3.97. The largest absolute Gasteiger partial charge is 0.353 e. The summed E-state index contributed by atoms with van der Waals surface area (Å²) in [6, 6.07) is 10.7. The van der Waals surface area contributed by atoms with Crippen molar-refractivity contribution in [2.75, 3.05) is 6.61 Å². The summed E-state index contributed by atoms with van der Waals surface area (Å²) in [5, 5.41) is 2.98. The van der Waals surface area contributed by atoms with Crippen molar-refractivity contribution in [2.24, 2.45) is 5.92 Å². The zero-order chi connectivity index (χ0) is 21.1. The van der Waals surface area contributed by atoms with E-state index in [1.54, 1.807) is 17.3 Å². The van der Waals surface area contributed by atoms with Gasteiger partial charge in [0.05, 0.1) is 6.61 Å². The molecule has 4 rings (SSSR count). The van der Waals surface area contributed by atoms with E-state index < -0.39 is 11.8 Å². The number of hydrogen-bond acceptors (Lipinski definition) is 4. The average Bonchev–Trinajstić information content (AvgIpc) is 3.14. The number of amides is 2. The molecule has 2 aliphatic rings. The van der Waals surface area contributed by atoms with Gasteiger partial charge in [-0.25, -0.2) is 0 Å². The van der Waals surface area contributed by atoms with Gasteiger partial charge in [0.15, 0.2) is 0 Å². The van der Waals surface area contributed by atoms with Crippen molar-refractivity contribution in [1.82, 2.24) is 15.2 Å². The summed E-state index contributed by atoms with van der Waals surface area (Å²) in [4.78, 5) is 32.6. The number of nitrogens with zero attached hydrogens (tertiary/aromatic N) is 2. The van der Waals surface area contributed by atoms with Gasteiger partial charge >= 0.3 is 0 Å². The highest BCUT2D eigenvalue weighted by Gasteiger charge is 2.53.